The minimum atomic E-state index is 0.317. The highest BCUT2D eigenvalue weighted by molar-refractivity contribution is 7.99. The van der Waals surface area contributed by atoms with Crippen LogP contribution >= 0.6 is 23.4 Å². The first-order valence-corrected chi connectivity index (χ1v) is 5.80. The van der Waals surface area contributed by atoms with Crippen LogP contribution in [0.2, 0.25) is 5.15 Å². The fourth-order valence-corrected chi connectivity index (χ4v) is 2.12. The molecule has 2 aromatic rings. The zero-order valence-electron chi connectivity index (χ0n) is 8.88. The summed E-state index contributed by atoms with van der Waals surface area (Å²) in [5.74, 6) is 0.635. The van der Waals surface area contributed by atoms with Crippen molar-refractivity contribution in [1.82, 2.24) is 19.9 Å². The lowest BCUT2D eigenvalue weighted by Crippen LogP contribution is -2.00. The maximum absolute atomic E-state index is 5.89. The van der Waals surface area contributed by atoms with Crippen LogP contribution in [0.4, 0.5) is 11.6 Å². The Morgan fingerprint density at radius 1 is 1.18 bits per heavy atom. The van der Waals surface area contributed by atoms with Gasteiger partial charge in [0.25, 0.3) is 0 Å². The summed E-state index contributed by atoms with van der Waals surface area (Å²) in [6.07, 6.45) is 1.38. The van der Waals surface area contributed by atoms with Crippen LogP contribution in [0.5, 0.6) is 0 Å². The van der Waals surface area contributed by atoms with Gasteiger partial charge in [-0.15, -0.1) is 0 Å². The number of nitrogens with zero attached hydrogens (tertiary/aromatic N) is 4. The van der Waals surface area contributed by atoms with Gasteiger partial charge in [0.1, 0.15) is 28.1 Å². The van der Waals surface area contributed by atoms with Crippen LogP contribution in [-0.4, -0.2) is 19.9 Å². The molecule has 0 atom stereocenters. The molecular formula is C9H9ClN6S. The molecule has 6 nitrogen and oxygen atoms in total. The van der Waals surface area contributed by atoms with E-state index < -0.39 is 0 Å². The Morgan fingerprint density at radius 3 is 2.47 bits per heavy atom. The van der Waals surface area contributed by atoms with Gasteiger partial charge in [0.2, 0.25) is 0 Å². The first-order chi connectivity index (χ1) is 8.06. The van der Waals surface area contributed by atoms with Crippen molar-refractivity contribution in [3.63, 3.8) is 0 Å². The van der Waals surface area contributed by atoms with E-state index in [4.69, 9.17) is 23.1 Å². The molecule has 0 spiro atoms. The molecule has 2 aromatic heterocycles. The molecule has 88 valence electrons. The van der Waals surface area contributed by atoms with Gasteiger partial charge in [-0.3, -0.25) is 0 Å². The van der Waals surface area contributed by atoms with E-state index in [1.807, 2.05) is 6.92 Å². The largest absolute Gasteiger partial charge is 0.383 e. The zero-order valence-corrected chi connectivity index (χ0v) is 10.5. The predicted molar refractivity (Wildman–Crippen MR) is 66.8 cm³/mol. The van der Waals surface area contributed by atoms with E-state index in [0.717, 1.165) is 5.56 Å². The smallest absolute Gasteiger partial charge is 0.197 e. The van der Waals surface area contributed by atoms with E-state index in [0.29, 0.717) is 27.0 Å². The molecule has 0 radical (unpaired) electrons. The van der Waals surface area contributed by atoms with E-state index in [1.165, 1.54) is 24.2 Å². The van der Waals surface area contributed by atoms with Gasteiger partial charge in [-0.05, 0) is 18.7 Å². The van der Waals surface area contributed by atoms with Gasteiger partial charge in [-0.25, -0.2) is 19.9 Å². The number of aromatic nitrogens is 4. The summed E-state index contributed by atoms with van der Waals surface area (Å²) >= 11 is 7.13. The highest BCUT2D eigenvalue weighted by atomic mass is 35.5. The van der Waals surface area contributed by atoms with Crippen molar-refractivity contribution in [3.05, 3.63) is 23.1 Å². The van der Waals surface area contributed by atoms with Crippen LogP contribution in [-0.2, 0) is 0 Å². The van der Waals surface area contributed by atoms with Gasteiger partial charge < -0.3 is 11.5 Å². The van der Waals surface area contributed by atoms with Gasteiger partial charge in [0.15, 0.2) is 5.16 Å². The highest BCUT2D eigenvalue weighted by Gasteiger charge is 2.09. The average Bonchev–Trinajstić information content (AvgIpc) is 2.23. The maximum Gasteiger partial charge on any atom is 0.197 e. The molecule has 17 heavy (non-hydrogen) atoms. The van der Waals surface area contributed by atoms with Crippen molar-refractivity contribution in [2.75, 3.05) is 11.5 Å². The van der Waals surface area contributed by atoms with Crippen molar-refractivity contribution in [2.24, 2.45) is 0 Å². The van der Waals surface area contributed by atoms with Crippen LogP contribution in [0, 0.1) is 6.92 Å². The maximum atomic E-state index is 5.89. The molecule has 0 aliphatic rings. The van der Waals surface area contributed by atoms with E-state index >= 15 is 0 Å². The lowest BCUT2D eigenvalue weighted by atomic mass is 10.4. The lowest BCUT2D eigenvalue weighted by Gasteiger charge is -2.04. The fraction of sp³-hybridized carbons (Fsp3) is 0.111. The third kappa shape index (κ3) is 2.75. The lowest BCUT2D eigenvalue weighted by molar-refractivity contribution is 0.958. The molecule has 0 fully saturated rings. The molecule has 2 heterocycles. The summed E-state index contributed by atoms with van der Waals surface area (Å²) in [5, 5.41) is 1.51. The average molecular weight is 269 g/mol. The van der Waals surface area contributed by atoms with E-state index in [2.05, 4.69) is 19.9 Å². The summed E-state index contributed by atoms with van der Waals surface area (Å²) in [7, 11) is 0. The van der Waals surface area contributed by atoms with Crippen molar-refractivity contribution in [3.8, 4) is 0 Å². The molecule has 0 unspecified atom stereocenters. The van der Waals surface area contributed by atoms with Crippen LogP contribution in [0.3, 0.4) is 0 Å². The molecule has 0 saturated heterocycles. The SMILES string of the molecule is Cc1c(Cl)ncnc1Sc1nc(N)cc(N)n1. The topological polar surface area (TPSA) is 104 Å². The number of rotatable bonds is 2. The second kappa shape index (κ2) is 4.72. The van der Waals surface area contributed by atoms with Gasteiger partial charge in [-0.2, -0.15) is 0 Å². The number of anilines is 2. The molecule has 0 aliphatic heterocycles. The summed E-state index contributed by atoms with van der Waals surface area (Å²) in [6.45, 7) is 1.82. The summed E-state index contributed by atoms with van der Waals surface area (Å²) in [5.41, 5.74) is 11.9. The van der Waals surface area contributed by atoms with Crippen molar-refractivity contribution < 1.29 is 0 Å². The first-order valence-electron chi connectivity index (χ1n) is 4.61. The normalized spacial score (nSPS) is 10.5. The Hall–Kier alpha value is -1.60. The molecule has 4 N–H and O–H groups in total. The first kappa shape index (κ1) is 11.9. The molecule has 0 aromatic carbocycles. The Bertz CT molecular complexity index is 541. The van der Waals surface area contributed by atoms with Crippen LogP contribution in [0.15, 0.2) is 22.6 Å². The minimum absolute atomic E-state index is 0.317. The number of halogens is 1. The Labute approximate surface area is 107 Å². The van der Waals surface area contributed by atoms with Crippen LogP contribution in [0.1, 0.15) is 5.56 Å². The fourth-order valence-electron chi connectivity index (χ4n) is 1.11. The van der Waals surface area contributed by atoms with Gasteiger partial charge in [0, 0.05) is 11.6 Å². The Kier molecular flexibility index (Phi) is 3.30. The number of hydrogen-bond donors (Lipinski definition) is 2. The summed E-state index contributed by atoms with van der Waals surface area (Å²) in [4.78, 5) is 16.1. The Morgan fingerprint density at radius 2 is 1.82 bits per heavy atom. The third-order valence-corrected chi connectivity index (χ3v) is 3.26. The van der Waals surface area contributed by atoms with Crippen molar-refractivity contribution in [1.29, 1.82) is 0 Å². The highest BCUT2D eigenvalue weighted by Crippen LogP contribution is 2.28. The van der Waals surface area contributed by atoms with Crippen LogP contribution in [0.25, 0.3) is 0 Å². The van der Waals surface area contributed by atoms with Gasteiger partial charge in [0.05, 0.1) is 0 Å². The molecule has 8 heteroatoms. The molecule has 0 saturated carbocycles. The molecule has 0 bridgehead atoms. The van der Waals surface area contributed by atoms with E-state index in [1.54, 1.807) is 0 Å². The second-order valence-corrected chi connectivity index (χ2v) is 4.51. The van der Waals surface area contributed by atoms with E-state index in [9.17, 15) is 0 Å². The Balaban J connectivity index is 2.34. The van der Waals surface area contributed by atoms with Crippen LogP contribution < -0.4 is 11.5 Å². The number of nitrogens with two attached hydrogens (primary N) is 2. The van der Waals surface area contributed by atoms with Gasteiger partial charge in [-0.1, -0.05) is 11.6 Å². The molecule has 0 aliphatic carbocycles. The monoisotopic (exact) mass is 268 g/mol. The summed E-state index contributed by atoms with van der Waals surface area (Å²) in [6, 6.07) is 1.49. The molecular weight excluding hydrogens is 260 g/mol. The van der Waals surface area contributed by atoms with Gasteiger partial charge >= 0.3 is 0 Å². The second-order valence-electron chi connectivity index (χ2n) is 3.20. The van der Waals surface area contributed by atoms with Crippen molar-refractivity contribution >= 4 is 35.0 Å². The summed E-state index contributed by atoms with van der Waals surface area (Å²) < 4.78 is 0. The minimum Gasteiger partial charge on any atom is -0.383 e. The number of hydrogen-bond acceptors (Lipinski definition) is 7. The van der Waals surface area contributed by atoms with E-state index in [-0.39, 0.29) is 0 Å². The third-order valence-electron chi connectivity index (χ3n) is 1.91. The van der Waals surface area contributed by atoms with Crippen molar-refractivity contribution in [2.45, 2.75) is 17.1 Å². The number of nitrogen functional groups attached to an aromatic ring is 2. The molecule has 2 rings (SSSR count). The standard InChI is InChI=1S/C9H9ClN6S/c1-4-7(10)13-3-14-8(4)17-9-15-5(11)2-6(12)16-9/h2-3H,1H3,(H4,11,12,15,16). The zero-order chi connectivity index (χ0) is 12.4. The predicted octanol–water partition coefficient (Wildman–Crippen LogP) is 1.54. The quantitative estimate of drug-likeness (QED) is 0.629. The molecule has 0 amide bonds.